The van der Waals surface area contributed by atoms with E-state index >= 15 is 0 Å². The summed E-state index contributed by atoms with van der Waals surface area (Å²) in [6.45, 7) is 0. The summed E-state index contributed by atoms with van der Waals surface area (Å²) >= 11 is 5.77. The molecule has 0 atom stereocenters. The van der Waals surface area contributed by atoms with Crippen LogP contribution in [0.5, 0.6) is 0 Å². The van der Waals surface area contributed by atoms with E-state index in [0.717, 1.165) is 0 Å². The Morgan fingerprint density at radius 3 is 2.50 bits per heavy atom. The van der Waals surface area contributed by atoms with Crippen molar-refractivity contribution in [3.05, 3.63) is 41.6 Å². The molecule has 0 saturated carbocycles. The molecule has 0 unspecified atom stereocenters. The third kappa shape index (κ3) is 1.67. The van der Waals surface area contributed by atoms with Gasteiger partial charge in [-0.1, -0.05) is 29.8 Å². The molecule has 1 aromatic rings. The Morgan fingerprint density at radius 1 is 1.21 bits per heavy atom. The number of benzene rings is 1. The van der Waals surface area contributed by atoms with Gasteiger partial charge in [-0.25, -0.2) is 4.99 Å². The molecule has 1 aliphatic rings. The Morgan fingerprint density at radius 2 is 1.93 bits per heavy atom. The number of rotatable bonds is 1. The molecule has 4 heteroatoms. The number of hydrogen-bond donors (Lipinski definition) is 1. The summed E-state index contributed by atoms with van der Waals surface area (Å²) in [5, 5.41) is 2.82. The first-order valence-corrected chi connectivity index (χ1v) is 4.46. The van der Waals surface area contributed by atoms with Crippen molar-refractivity contribution in [3.8, 4) is 0 Å². The van der Waals surface area contributed by atoms with Crippen molar-refractivity contribution >= 4 is 28.9 Å². The van der Waals surface area contributed by atoms with Gasteiger partial charge in [-0.05, 0) is 12.1 Å². The van der Waals surface area contributed by atoms with Gasteiger partial charge in [-0.3, -0.25) is 4.79 Å². The second-order valence-corrected chi connectivity index (χ2v) is 3.17. The molecule has 0 fully saturated rings. The fraction of sp³-hybridized carbons (Fsp3) is 0. The van der Waals surface area contributed by atoms with Crippen molar-refractivity contribution in [1.29, 1.82) is 0 Å². The van der Waals surface area contributed by atoms with Gasteiger partial charge in [0.2, 0.25) is 0 Å². The monoisotopic (exact) mass is 206 g/mol. The van der Waals surface area contributed by atoms with E-state index in [9.17, 15) is 4.79 Å². The van der Waals surface area contributed by atoms with Gasteiger partial charge >= 0.3 is 0 Å². The highest BCUT2D eigenvalue weighted by Crippen LogP contribution is 2.16. The van der Waals surface area contributed by atoms with E-state index in [-0.39, 0.29) is 11.6 Å². The molecule has 1 amide bonds. The summed E-state index contributed by atoms with van der Waals surface area (Å²) < 4.78 is 0. The normalized spacial score (nSPS) is 18.2. The lowest BCUT2D eigenvalue weighted by Gasteiger charge is -1.95. The van der Waals surface area contributed by atoms with Gasteiger partial charge in [0.1, 0.15) is 5.71 Å². The highest BCUT2D eigenvalue weighted by Gasteiger charge is 2.20. The molecule has 1 aliphatic heterocycles. The zero-order chi connectivity index (χ0) is 9.97. The molecular formula is C10H7ClN2O. The lowest BCUT2D eigenvalue weighted by Crippen LogP contribution is -2.18. The average molecular weight is 207 g/mol. The van der Waals surface area contributed by atoms with E-state index in [1.54, 1.807) is 0 Å². The van der Waals surface area contributed by atoms with E-state index in [2.05, 4.69) is 10.3 Å². The van der Waals surface area contributed by atoms with Crippen LogP contribution in [0.2, 0.25) is 0 Å². The minimum Gasteiger partial charge on any atom is -0.326 e. The van der Waals surface area contributed by atoms with Crippen molar-refractivity contribution in [3.63, 3.8) is 0 Å². The van der Waals surface area contributed by atoms with Crippen LogP contribution in [0.15, 0.2) is 46.6 Å². The summed E-state index contributed by atoms with van der Waals surface area (Å²) in [6, 6.07) is 9.20. The molecule has 0 aromatic heterocycles. The summed E-state index contributed by atoms with van der Waals surface area (Å²) in [5.74, 6) is -0.265. The van der Waals surface area contributed by atoms with Crippen LogP contribution in [0.25, 0.3) is 0 Å². The van der Waals surface area contributed by atoms with E-state index in [4.69, 9.17) is 11.6 Å². The fourth-order valence-electron chi connectivity index (χ4n) is 1.11. The third-order valence-corrected chi connectivity index (χ3v) is 2.06. The smallest absolute Gasteiger partial charge is 0.275 e. The number of halogens is 1. The minimum atomic E-state index is -0.265. The van der Waals surface area contributed by atoms with Gasteiger partial charge in [0.15, 0.2) is 0 Å². The first-order chi connectivity index (χ1) is 6.77. The summed E-state index contributed by atoms with van der Waals surface area (Å²) in [4.78, 5) is 15.3. The Kier molecular flexibility index (Phi) is 2.33. The summed E-state index contributed by atoms with van der Waals surface area (Å²) in [6.07, 6.45) is 1.44. The van der Waals surface area contributed by atoms with Crippen LogP contribution in [-0.2, 0) is 4.79 Å². The lowest BCUT2D eigenvalue weighted by molar-refractivity contribution is -0.113. The predicted molar refractivity (Wildman–Crippen MR) is 55.6 cm³/mol. The first-order valence-electron chi connectivity index (χ1n) is 4.08. The zero-order valence-electron chi connectivity index (χ0n) is 7.20. The molecule has 1 heterocycles. The Hall–Kier alpha value is -1.61. The molecule has 14 heavy (non-hydrogen) atoms. The van der Waals surface area contributed by atoms with Crippen LogP contribution in [0.4, 0.5) is 5.69 Å². The molecular weight excluding hydrogens is 200 g/mol. The van der Waals surface area contributed by atoms with E-state index in [1.165, 1.54) is 6.20 Å². The standard InChI is InChI=1S/C10H7ClN2O/c11-8-6-12-10(14)9(8)13-7-4-2-1-3-5-7/h1-6H,(H,12,13,14). The molecule has 70 valence electrons. The molecule has 0 spiro atoms. The van der Waals surface area contributed by atoms with Crippen molar-refractivity contribution in [2.45, 2.75) is 0 Å². The van der Waals surface area contributed by atoms with Crippen LogP contribution in [0.1, 0.15) is 0 Å². The Labute approximate surface area is 86.1 Å². The number of aliphatic imine (C=N–C) groups is 1. The quantitative estimate of drug-likeness (QED) is 0.750. The lowest BCUT2D eigenvalue weighted by atomic mass is 10.3. The van der Waals surface area contributed by atoms with Gasteiger partial charge in [-0.15, -0.1) is 0 Å². The minimum absolute atomic E-state index is 0.262. The molecule has 2 rings (SSSR count). The zero-order valence-corrected chi connectivity index (χ0v) is 7.95. The molecule has 3 nitrogen and oxygen atoms in total. The second kappa shape index (κ2) is 3.64. The molecule has 1 aromatic carbocycles. The highest BCUT2D eigenvalue weighted by molar-refractivity contribution is 6.61. The van der Waals surface area contributed by atoms with Crippen molar-refractivity contribution in [1.82, 2.24) is 5.32 Å². The SMILES string of the molecule is O=C1NC=C(Cl)C1=Nc1ccccc1. The number of hydrogen-bond acceptors (Lipinski definition) is 2. The average Bonchev–Trinajstić information content (AvgIpc) is 2.51. The largest absolute Gasteiger partial charge is 0.326 e. The highest BCUT2D eigenvalue weighted by atomic mass is 35.5. The fourth-order valence-corrected chi connectivity index (χ4v) is 1.29. The number of carbonyl (C=O) groups excluding carboxylic acids is 1. The number of para-hydroxylation sites is 1. The molecule has 0 aliphatic carbocycles. The summed E-state index contributed by atoms with van der Waals surface area (Å²) in [7, 11) is 0. The second-order valence-electron chi connectivity index (χ2n) is 2.76. The predicted octanol–water partition coefficient (Wildman–Crippen LogP) is 1.97. The Balaban J connectivity index is 2.36. The van der Waals surface area contributed by atoms with E-state index < -0.39 is 0 Å². The van der Waals surface area contributed by atoms with Gasteiger partial charge in [-0.2, -0.15) is 0 Å². The van der Waals surface area contributed by atoms with Crippen LogP contribution in [0.3, 0.4) is 0 Å². The molecule has 0 saturated heterocycles. The van der Waals surface area contributed by atoms with Crippen LogP contribution in [0, 0.1) is 0 Å². The molecule has 1 N–H and O–H groups in total. The van der Waals surface area contributed by atoms with Crippen LogP contribution < -0.4 is 5.32 Å². The van der Waals surface area contributed by atoms with Gasteiger partial charge < -0.3 is 5.32 Å². The van der Waals surface area contributed by atoms with E-state index in [1.807, 2.05) is 30.3 Å². The van der Waals surface area contributed by atoms with Gasteiger partial charge in [0.25, 0.3) is 5.91 Å². The first kappa shape index (κ1) is 8.97. The van der Waals surface area contributed by atoms with Crippen LogP contribution in [-0.4, -0.2) is 11.6 Å². The van der Waals surface area contributed by atoms with Crippen LogP contribution >= 0.6 is 11.6 Å². The maximum atomic E-state index is 11.2. The molecule has 0 radical (unpaired) electrons. The van der Waals surface area contributed by atoms with Crippen molar-refractivity contribution in [2.75, 3.05) is 0 Å². The maximum Gasteiger partial charge on any atom is 0.275 e. The van der Waals surface area contributed by atoms with Crippen molar-refractivity contribution < 1.29 is 4.79 Å². The topological polar surface area (TPSA) is 41.5 Å². The summed E-state index contributed by atoms with van der Waals surface area (Å²) in [5.41, 5.74) is 0.976. The number of nitrogens with zero attached hydrogens (tertiary/aromatic N) is 1. The molecule has 0 bridgehead atoms. The third-order valence-electron chi connectivity index (χ3n) is 1.77. The number of amides is 1. The van der Waals surface area contributed by atoms with Gasteiger partial charge in [0, 0.05) is 6.20 Å². The maximum absolute atomic E-state index is 11.2. The van der Waals surface area contributed by atoms with E-state index in [0.29, 0.717) is 10.7 Å². The Bertz CT molecular complexity index is 423. The van der Waals surface area contributed by atoms with Crippen molar-refractivity contribution in [2.24, 2.45) is 4.99 Å². The number of nitrogens with one attached hydrogen (secondary N) is 1. The van der Waals surface area contributed by atoms with Gasteiger partial charge in [0.05, 0.1) is 10.7 Å². The number of carbonyl (C=O) groups is 1.